The van der Waals surface area contributed by atoms with Gasteiger partial charge in [-0.3, -0.25) is 4.90 Å². The lowest BCUT2D eigenvalue weighted by Gasteiger charge is -2.42. The molecule has 2 aliphatic rings. The van der Waals surface area contributed by atoms with Crippen LogP contribution in [-0.4, -0.2) is 65.2 Å². The maximum atomic E-state index is 12.1. The number of aliphatic hydroxyl groups excluding tert-OH is 1. The number of aldehydes is 1. The fourth-order valence-corrected chi connectivity index (χ4v) is 5.00. The molecule has 2 heterocycles. The highest BCUT2D eigenvalue weighted by molar-refractivity contribution is 6.30. The zero-order chi connectivity index (χ0) is 22.0. The highest BCUT2D eigenvalue weighted by Gasteiger charge is 2.35. The number of carbonyl (C=O) groups is 1. The fraction of sp³-hybridized carbons (Fsp3) is 0.522. The van der Waals surface area contributed by atoms with Gasteiger partial charge in [0, 0.05) is 36.8 Å². The van der Waals surface area contributed by atoms with E-state index in [0.717, 1.165) is 61.6 Å². The molecule has 7 nitrogen and oxygen atoms in total. The second-order valence-corrected chi connectivity index (χ2v) is 8.82. The number of hydrogen-bond donors (Lipinski definition) is 2. The number of likely N-dealkylation sites (N-methyl/N-ethyl adjacent to an activating group) is 1. The minimum Gasteiger partial charge on any atom is -0.387 e. The Balaban J connectivity index is 1.50. The smallest absolute Gasteiger partial charge is 0.135 e. The number of halogens is 1. The van der Waals surface area contributed by atoms with Gasteiger partial charge in [0.2, 0.25) is 0 Å². The molecular formula is C23H30ClN5O2. The molecule has 1 fully saturated rings. The Hall–Kier alpha value is -2.06. The summed E-state index contributed by atoms with van der Waals surface area (Å²) in [6.45, 7) is 8.19. The van der Waals surface area contributed by atoms with Gasteiger partial charge in [-0.2, -0.15) is 0 Å². The van der Waals surface area contributed by atoms with Gasteiger partial charge < -0.3 is 20.1 Å². The van der Waals surface area contributed by atoms with Crippen LogP contribution in [0, 0.1) is 0 Å². The Kier molecular flexibility index (Phi) is 6.86. The van der Waals surface area contributed by atoms with Crippen molar-refractivity contribution in [1.29, 1.82) is 0 Å². The maximum absolute atomic E-state index is 12.1. The van der Waals surface area contributed by atoms with E-state index in [-0.39, 0.29) is 18.0 Å². The largest absolute Gasteiger partial charge is 0.387 e. The van der Waals surface area contributed by atoms with Crippen molar-refractivity contribution < 1.29 is 9.90 Å². The first-order valence-electron chi connectivity index (χ1n) is 11.0. The minimum atomic E-state index is -0.501. The number of rotatable bonds is 7. The van der Waals surface area contributed by atoms with E-state index in [1.807, 2.05) is 24.3 Å². The molecule has 8 heteroatoms. The SMILES string of the molecule is CCNC(C(C=O)c1ccc(Cl)cc1)N1CCN(c2ncnc3c2[C@H](C)C[C@H]3O)CC1. The lowest BCUT2D eigenvalue weighted by atomic mass is 9.95. The lowest BCUT2D eigenvalue weighted by molar-refractivity contribution is -0.110. The minimum absolute atomic E-state index is 0.0808. The van der Waals surface area contributed by atoms with E-state index < -0.39 is 6.10 Å². The topological polar surface area (TPSA) is 81.6 Å². The summed E-state index contributed by atoms with van der Waals surface area (Å²) in [5.74, 6) is 0.915. The fourth-order valence-electron chi connectivity index (χ4n) is 4.88. The number of aromatic nitrogens is 2. The normalized spacial score (nSPS) is 23.4. The van der Waals surface area contributed by atoms with Gasteiger partial charge in [0.1, 0.15) is 18.4 Å². The molecule has 1 saturated heterocycles. The van der Waals surface area contributed by atoms with E-state index in [9.17, 15) is 9.90 Å². The number of anilines is 1. The van der Waals surface area contributed by atoms with Gasteiger partial charge in [0.25, 0.3) is 0 Å². The molecule has 0 spiro atoms. The molecule has 0 radical (unpaired) electrons. The summed E-state index contributed by atoms with van der Waals surface area (Å²) in [6, 6.07) is 7.52. The molecule has 2 unspecified atom stereocenters. The molecule has 166 valence electrons. The standard InChI is InChI=1S/C23H30ClN5O2/c1-3-25-22(18(13-30)16-4-6-17(24)7-5-16)28-8-10-29(11-9-28)23-20-15(2)12-19(31)21(20)26-14-27-23/h4-7,13-15,18-19,22,25,31H,3,8-12H2,1-2H3/t15-,18?,19-,22?/m1/s1. The molecule has 0 bridgehead atoms. The molecule has 1 aromatic heterocycles. The Morgan fingerprint density at radius 1 is 1.23 bits per heavy atom. The first-order valence-corrected chi connectivity index (χ1v) is 11.4. The average molecular weight is 444 g/mol. The summed E-state index contributed by atoms with van der Waals surface area (Å²) in [4.78, 5) is 25.6. The lowest BCUT2D eigenvalue weighted by Crippen LogP contribution is -2.57. The molecule has 1 aliphatic carbocycles. The van der Waals surface area contributed by atoms with Crippen LogP contribution >= 0.6 is 11.6 Å². The summed E-state index contributed by atoms with van der Waals surface area (Å²) in [5, 5.41) is 14.5. The van der Waals surface area contributed by atoms with Crippen molar-refractivity contribution in [1.82, 2.24) is 20.2 Å². The number of aliphatic hydroxyl groups is 1. The van der Waals surface area contributed by atoms with Crippen LogP contribution in [0.5, 0.6) is 0 Å². The summed E-state index contributed by atoms with van der Waals surface area (Å²) in [6.07, 6.45) is 2.71. The van der Waals surface area contributed by atoms with E-state index in [1.54, 1.807) is 6.33 Å². The van der Waals surface area contributed by atoms with Gasteiger partial charge in [0.05, 0.1) is 23.9 Å². The van der Waals surface area contributed by atoms with Crippen LogP contribution in [-0.2, 0) is 4.79 Å². The summed E-state index contributed by atoms with van der Waals surface area (Å²) in [5.41, 5.74) is 2.82. The molecule has 31 heavy (non-hydrogen) atoms. The van der Waals surface area contributed by atoms with Crippen LogP contribution in [0.4, 0.5) is 5.82 Å². The van der Waals surface area contributed by atoms with E-state index in [4.69, 9.17) is 11.6 Å². The maximum Gasteiger partial charge on any atom is 0.135 e. The average Bonchev–Trinajstić information content (AvgIpc) is 3.09. The number of hydrogen-bond acceptors (Lipinski definition) is 7. The van der Waals surface area contributed by atoms with Crippen LogP contribution in [0.15, 0.2) is 30.6 Å². The zero-order valence-electron chi connectivity index (χ0n) is 18.0. The predicted octanol–water partition coefficient (Wildman–Crippen LogP) is 2.71. The van der Waals surface area contributed by atoms with Gasteiger partial charge >= 0.3 is 0 Å². The Bertz CT molecular complexity index is 901. The van der Waals surface area contributed by atoms with Gasteiger partial charge in [-0.25, -0.2) is 9.97 Å². The van der Waals surface area contributed by atoms with Crippen LogP contribution in [0.2, 0.25) is 5.02 Å². The molecule has 1 aliphatic heterocycles. The number of benzene rings is 1. The number of fused-ring (bicyclic) bond motifs is 1. The summed E-state index contributed by atoms with van der Waals surface area (Å²) in [7, 11) is 0. The van der Waals surface area contributed by atoms with Crippen LogP contribution in [0.3, 0.4) is 0 Å². The van der Waals surface area contributed by atoms with E-state index >= 15 is 0 Å². The third kappa shape index (κ3) is 4.46. The van der Waals surface area contributed by atoms with Crippen molar-refractivity contribution in [2.75, 3.05) is 37.6 Å². The van der Waals surface area contributed by atoms with E-state index in [2.05, 4.69) is 38.9 Å². The number of nitrogens with one attached hydrogen (secondary N) is 1. The third-order valence-electron chi connectivity index (χ3n) is 6.44. The highest BCUT2D eigenvalue weighted by atomic mass is 35.5. The number of carbonyl (C=O) groups excluding carboxylic acids is 1. The van der Waals surface area contributed by atoms with Crippen LogP contribution in [0.25, 0.3) is 0 Å². The first kappa shape index (κ1) is 22.1. The van der Waals surface area contributed by atoms with Gasteiger partial charge in [0.15, 0.2) is 0 Å². The van der Waals surface area contributed by atoms with Gasteiger partial charge in [-0.05, 0) is 36.6 Å². The monoisotopic (exact) mass is 443 g/mol. The van der Waals surface area contributed by atoms with Crippen molar-refractivity contribution in [2.45, 2.75) is 44.4 Å². The van der Waals surface area contributed by atoms with Crippen LogP contribution < -0.4 is 10.2 Å². The molecule has 1 aromatic carbocycles. The third-order valence-corrected chi connectivity index (χ3v) is 6.69. The highest BCUT2D eigenvalue weighted by Crippen LogP contribution is 2.42. The molecule has 4 rings (SSSR count). The van der Waals surface area contributed by atoms with Gasteiger partial charge in [-0.1, -0.05) is 37.6 Å². The second kappa shape index (κ2) is 9.61. The molecule has 0 saturated carbocycles. The number of piperazine rings is 1. The van der Waals surface area contributed by atoms with Crippen molar-refractivity contribution in [3.8, 4) is 0 Å². The summed E-state index contributed by atoms with van der Waals surface area (Å²) >= 11 is 6.04. The van der Waals surface area contributed by atoms with Gasteiger partial charge in [-0.15, -0.1) is 0 Å². The van der Waals surface area contributed by atoms with E-state index in [0.29, 0.717) is 11.4 Å². The molecule has 2 aromatic rings. The zero-order valence-corrected chi connectivity index (χ0v) is 18.8. The quantitative estimate of drug-likeness (QED) is 0.636. The Morgan fingerprint density at radius 2 is 1.94 bits per heavy atom. The predicted molar refractivity (Wildman–Crippen MR) is 122 cm³/mol. The Morgan fingerprint density at radius 3 is 2.58 bits per heavy atom. The van der Waals surface area contributed by atoms with Crippen LogP contribution in [0.1, 0.15) is 55.0 Å². The first-order chi connectivity index (χ1) is 15.0. The van der Waals surface area contributed by atoms with Crippen molar-refractivity contribution in [3.05, 3.63) is 52.4 Å². The molecule has 4 atom stereocenters. The molecular weight excluding hydrogens is 414 g/mol. The van der Waals surface area contributed by atoms with E-state index in [1.165, 1.54) is 0 Å². The molecule has 2 N–H and O–H groups in total. The van der Waals surface area contributed by atoms with Crippen molar-refractivity contribution in [3.63, 3.8) is 0 Å². The van der Waals surface area contributed by atoms with Crippen molar-refractivity contribution >= 4 is 23.7 Å². The second-order valence-electron chi connectivity index (χ2n) is 8.39. The summed E-state index contributed by atoms with van der Waals surface area (Å²) < 4.78 is 0. The van der Waals surface area contributed by atoms with Crippen molar-refractivity contribution in [2.24, 2.45) is 0 Å². The Labute approximate surface area is 188 Å². The molecule has 0 amide bonds. The number of nitrogens with zero attached hydrogens (tertiary/aromatic N) is 4.